The maximum absolute atomic E-state index is 10.5. The lowest BCUT2D eigenvalue weighted by Gasteiger charge is -2.05. The number of rotatable bonds is 5. The van der Waals surface area contributed by atoms with E-state index in [1.165, 1.54) is 12.3 Å². The number of phenols is 1. The van der Waals surface area contributed by atoms with E-state index in [1.807, 2.05) is 6.07 Å². The Labute approximate surface area is 109 Å². The Bertz CT molecular complexity index is 570. The Balaban J connectivity index is 1.87. The van der Waals surface area contributed by atoms with Gasteiger partial charge < -0.3 is 10.4 Å². The van der Waals surface area contributed by atoms with Crippen molar-refractivity contribution < 1.29 is 10.0 Å². The molecule has 0 bridgehead atoms. The van der Waals surface area contributed by atoms with Crippen LogP contribution in [0.4, 0.5) is 11.5 Å². The number of nitrogens with zero attached hydrogens (tertiary/aromatic N) is 2. The van der Waals surface area contributed by atoms with Gasteiger partial charge in [-0.1, -0.05) is 12.1 Å². The smallest absolute Gasteiger partial charge is 0.287 e. The van der Waals surface area contributed by atoms with Crippen LogP contribution in [0.25, 0.3) is 0 Å². The minimum atomic E-state index is -0.483. The Morgan fingerprint density at radius 1 is 1.32 bits per heavy atom. The SMILES string of the molecule is O=[N+]([O-])c1ccc(NCCc2cccc(O)c2)nc1. The Hall–Kier alpha value is -2.63. The number of anilines is 1. The van der Waals surface area contributed by atoms with Gasteiger partial charge >= 0.3 is 0 Å². The minimum absolute atomic E-state index is 0.0291. The van der Waals surface area contributed by atoms with Crippen LogP contribution in [0.3, 0.4) is 0 Å². The zero-order valence-corrected chi connectivity index (χ0v) is 10.1. The molecule has 1 aromatic carbocycles. The third-order valence-electron chi connectivity index (χ3n) is 2.59. The molecule has 0 spiro atoms. The monoisotopic (exact) mass is 259 g/mol. The first-order valence-corrected chi connectivity index (χ1v) is 5.77. The summed E-state index contributed by atoms with van der Waals surface area (Å²) in [5.41, 5.74) is 0.980. The standard InChI is InChI=1S/C13H13N3O3/c17-12-3-1-2-10(8-12)6-7-14-13-5-4-11(9-15-13)16(18)19/h1-5,8-9,17H,6-7H2,(H,14,15). The number of aromatic hydroxyl groups is 1. The highest BCUT2D eigenvalue weighted by atomic mass is 16.6. The number of nitrogens with one attached hydrogen (secondary N) is 1. The number of hydrogen-bond acceptors (Lipinski definition) is 5. The van der Waals surface area contributed by atoms with Gasteiger partial charge in [-0.3, -0.25) is 10.1 Å². The van der Waals surface area contributed by atoms with Gasteiger partial charge in [0.25, 0.3) is 5.69 Å². The molecule has 6 heteroatoms. The summed E-state index contributed by atoms with van der Waals surface area (Å²) in [6.45, 7) is 0.633. The van der Waals surface area contributed by atoms with Gasteiger partial charge in [-0.25, -0.2) is 4.98 Å². The van der Waals surface area contributed by atoms with Crippen LogP contribution in [0.5, 0.6) is 5.75 Å². The average Bonchev–Trinajstić information content (AvgIpc) is 2.39. The summed E-state index contributed by atoms with van der Waals surface area (Å²) in [5.74, 6) is 0.830. The Morgan fingerprint density at radius 2 is 2.16 bits per heavy atom. The molecule has 19 heavy (non-hydrogen) atoms. The fraction of sp³-hybridized carbons (Fsp3) is 0.154. The molecule has 0 saturated carbocycles. The molecule has 0 aliphatic rings. The van der Waals surface area contributed by atoms with Gasteiger partial charge in [0.2, 0.25) is 0 Å². The molecular formula is C13H13N3O3. The largest absolute Gasteiger partial charge is 0.508 e. The zero-order chi connectivity index (χ0) is 13.7. The van der Waals surface area contributed by atoms with E-state index in [1.54, 1.807) is 24.3 Å². The Morgan fingerprint density at radius 3 is 2.79 bits per heavy atom. The lowest BCUT2D eigenvalue weighted by atomic mass is 10.1. The van der Waals surface area contributed by atoms with Crippen LogP contribution >= 0.6 is 0 Å². The van der Waals surface area contributed by atoms with Gasteiger partial charge in [0, 0.05) is 12.6 Å². The predicted molar refractivity (Wildman–Crippen MR) is 71.2 cm³/mol. The number of pyridine rings is 1. The second-order valence-electron chi connectivity index (χ2n) is 4.01. The summed E-state index contributed by atoms with van der Waals surface area (Å²) in [6, 6.07) is 10.0. The molecule has 6 nitrogen and oxygen atoms in total. The van der Waals surface area contributed by atoms with Crippen molar-refractivity contribution in [3.8, 4) is 5.75 Å². The fourth-order valence-corrected chi connectivity index (χ4v) is 1.65. The van der Waals surface area contributed by atoms with Crippen molar-refractivity contribution in [3.05, 3.63) is 58.3 Å². The van der Waals surface area contributed by atoms with Gasteiger partial charge in [-0.05, 0) is 30.2 Å². The van der Waals surface area contributed by atoms with Gasteiger partial charge in [-0.15, -0.1) is 0 Å². The van der Waals surface area contributed by atoms with Crippen molar-refractivity contribution in [1.29, 1.82) is 0 Å². The fourth-order valence-electron chi connectivity index (χ4n) is 1.65. The van der Waals surface area contributed by atoms with Crippen molar-refractivity contribution in [3.63, 3.8) is 0 Å². The Kier molecular flexibility index (Phi) is 3.92. The topological polar surface area (TPSA) is 88.3 Å². The highest BCUT2D eigenvalue weighted by molar-refractivity contribution is 5.40. The van der Waals surface area contributed by atoms with Crippen molar-refractivity contribution in [2.45, 2.75) is 6.42 Å². The molecule has 0 radical (unpaired) electrons. The van der Waals surface area contributed by atoms with E-state index < -0.39 is 4.92 Å². The second-order valence-corrected chi connectivity index (χ2v) is 4.01. The molecule has 0 unspecified atom stereocenters. The molecular weight excluding hydrogens is 246 g/mol. The van der Waals surface area contributed by atoms with Crippen LogP contribution in [-0.4, -0.2) is 21.6 Å². The summed E-state index contributed by atoms with van der Waals surface area (Å²) < 4.78 is 0. The number of benzene rings is 1. The summed E-state index contributed by atoms with van der Waals surface area (Å²) in [7, 11) is 0. The lowest BCUT2D eigenvalue weighted by Crippen LogP contribution is -2.06. The van der Waals surface area contributed by atoms with E-state index in [0.717, 1.165) is 12.0 Å². The summed E-state index contributed by atoms with van der Waals surface area (Å²) in [4.78, 5) is 13.9. The van der Waals surface area contributed by atoms with Crippen molar-refractivity contribution in [2.24, 2.45) is 0 Å². The normalized spacial score (nSPS) is 10.1. The molecule has 0 aliphatic carbocycles. The van der Waals surface area contributed by atoms with Gasteiger partial charge in [0.05, 0.1) is 4.92 Å². The molecule has 98 valence electrons. The van der Waals surface area contributed by atoms with Crippen LogP contribution < -0.4 is 5.32 Å². The zero-order valence-electron chi connectivity index (χ0n) is 10.1. The van der Waals surface area contributed by atoms with Crippen molar-refractivity contribution in [2.75, 3.05) is 11.9 Å². The molecule has 0 saturated heterocycles. The van der Waals surface area contributed by atoms with Gasteiger partial charge in [-0.2, -0.15) is 0 Å². The third-order valence-corrected chi connectivity index (χ3v) is 2.59. The van der Waals surface area contributed by atoms with Gasteiger partial charge in [0.15, 0.2) is 0 Å². The van der Waals surface area contributed by atoms with Crippen molar-refractivity contribution in [1.82, 2.24) is 4.98 Å². The number of phenolic OH excluding ortho intramolecular Hbond substituents is 1. The molecule has 2 N–H and O–H groups in total. The van der Waals surface area contributed by atoms with E-state index in [4.69, 9.17) is 0 Å². The van der Waals surface area contributed by atoms with Crippen LogP contribution in [0.15, 0.2) is 42.6 Å². The van der Waals surface area contributed by atoms with E-state index in [-0.39, 0.29) is 11.4 Å². The minimum Gasteiger partial charge on any atom is -0.508 e. The first-order chi connectivity index (χ1) is 9.15. The van der Waals surface area contributed by atoms with E-state index in [2.05, 4.69) is 10.3 Å². The van der Waals surface area contributed by atoms with Crippen LogP contribution in [0.2, 0.25) is 0 Å². The molecule has 1 heterocycles. The molecule has 0 fully saturated rings. The first kappa shape index (κ1) is 12.8. The predicted octanol–water partition coefficient (Wildman–Crippen LogP) is 2.35. The summed E-state index contributed by atoms with van der Waals surface area (Å²) in [5, 5.41) is 22.8. The lowest BCUT2D eigenvalue weighted by molar-refractivity contribution is -0.385. The first-order valence-electron chi connectivity index (χ1n) is 5.77. The quantitative estimate of drug-likeness (QED) is 0.635. The third kappa shape index (κ3) is 3.67. The maximum Gasteiger partial charge on any atom is 0.287 e. The highest BCUT2D eigenvalue weighted by Gasteiger charge is 2.04. The average molecular weight is 259 g/mol. The van der Waals surface area contributed by atoms with E-state index >= 15 is 0 Å². The molecule has 0 amide bonds. The second kappa shape index (κ2) is 5.81. The van der Waals surface area contributed by atoms with Crippen LogP contribution in [0, 0.1) is 10.1 Å². The molecule has 2 aromatic rings. The maximum atomic E-state index is 10.5. The molecule has 0 atom stereocenters. The molecule has 2 rings (SSSR count). The highest BCUT2D eigenvalue weighted by Crippen LogP contribution is 2.13. The number of nitro groups is 1. The van der Waals surface area contributed by atoms with Gasteiger partial charge in [0.1, 0.15) is 17.8 Å². The van der Waals surface area contributed by atoms with Crippen molar-refractivity contribution >= 4 is 11.5 Å². The van der Waals surface area contributed by atoms with Crippen LogP contribution in [0.1, 0.15) is 5.56 Å². The van der Waals surface area contributed by atoms with E-state index in [9.17, 15) is 15.2 Å². The number of hydrogen-bond donors (Lipinski definition) is 2. The molecule has 1 aromatic heterocycles. The van der Waals surface area contributed by atoms with Crippen LogP contribution in [-0.2, 0) is 6.42 Å². The molecule has 0 aliphatic heterocycles. The number of aromatic nitrogens is 1. The summed E-state index contributed by atoms with van der Waals surface area (Å²) >= 11 is 0. The summed E-state index contributed by atoms with van der Waals surface area (Å²) in [6.07, 6.45) is 1.95. The van der Waals surface area contributed by atoms with E-state index in [0.29, 0.717) is 12.4 Å².